The highest BCUT2D eigenvalue weighted by molar-refractivity contribution is 6.29. The number of amidine groups is 1. The van der Waals surface area contributed by atoms with Crippen LogP contribution in [0.4, 0.5) is 11.8 Å². The molecule has 3 aliphatic heterocycles. The van der Waals surface area contributed by atoms with Crippen molar-refractivity contribution < 1.29 is 5.11 Å². The van der Waals surface area contributed by atoms with Crippen LogP contribution in [0.2, 0.25) is 0 Å². The molecule has 0 spiro atoms. The summed E-state index contributed by atoms with van der Waals surface area (Å²) in [7, 11) is 1.88. The summed E-state index contributed by atoms with van der Waals surface area (Å²) < 4.78 is 0. The number of aryl methyl sites for hydroxylation is 2. The van der Waals surface area contributed by atoms with Crippen LogP contribution >= 0.6 is 0 Å². The minimum Gasteiger partial charge on any atom is -0.508 e. The van der Waals surface area contributed by atoms with E-state index in [1.165, 1.54) is 5.56 Å². The van der Waals surface area contributed by atoms with Crippen molar-refractivity contribution in [3.05, 3.63) is 77.0 Å². The number of benzene rings is 2. The molecule has 206 valence electrons. The molecule has 3 aromatic rings. The minimum absolute atomic E-state index is 0.278. The molecule has 0 aliphatic carbocycles. The zero-order chi connectivity index (χ0) is 27.3. The molecule has 40 heavy (non-hydrogen) atoms. The lowest BCUT2D eigenvalue weighted by Gasteiger charge is -2.37. The zero-order valence-electron chi connectivity index (χ0n) is 23.1. The van der Waals surface area contributed by atoms with Crippen LogP contribution in [-0.4, -0.2) is 90.6 Å². The van der Waals surface area contributed by atoms with E-state index in [0.717, 1.165) is 105 Å². The van der Waals surface area contributed by atoms with Crippen molar-refractivity contribution in [3.63, 3.8) is 0 Å². The fraction of sp³-hybridized carbons (Fsp3) is 0.387. The van der Waals surface area contributed by atoms with Gasteiger partial charge in [-0.15, -0.1) is 0 Å². The number of phenols is 1. The molecule has 6 rings (SSSR count). The molecule has 1 aromatic heterocycles. The summed E-state index contributed by atoms with van der Waals surface area (Å²) in [5.74, 6) is 3.01. The smallest absolute Gasteiger partial charge is 0.227 e. The Morgan fingerprint density at radius 1 is 0.825 bits per heavy atom. The number of piperazine rings is 1. The second-order valence-electron chi connectivity index (χ2n) is 10.4. The number of rotatable bonds is 6. The van der Waals surface area contributed by atoms with E-state index in [2.05, 4.69) is 55.0 Å². The summed E-state index contributed by atoms with van der Waals surface area (Å²) in [4.78, 5) is 31.2. The quantitative estimate of drug-likeness (QED) is 0.519. The van der Waals surface area contributed by atoms with Crippen LogP contribution in [0.5, 0.6) is 5.75 Å². The van der Waals surface area contributed by atoms with Crippen LogP contribution < -0.4 is 9.80 Å². The number of phenolic OH excluding ortho intramolecular Hbond substituents is 1. The third-order valence-corrected chi connectivity index (χ3v) is 7.83. The van der Waals surface area contributed by atoms with Gasteiger partial charge in [-0.3, -0.25) is 15.0 Å². The van der Waals surface area contributed by atoms with Crippen molar-refractivity contribution in [2.24, 2.45) is 15.0 Å². The van der Waals surface area contributed by atoms with E-state index in [1.807, 2.05) is 25.4 Å². The molecule has 9 heteroatoms. The Balaban J connectivity index is 1.33. The molecule has 0 amide bonds. The highest BCUT2D eigenvalue weighted by Gasteiger charge is 2.30. The number of hydrogen-bond donors (Lipinski definition) is 1. The Kier molecular flexibility index (Phi) is 7.70. The fourth-order valence-corrected chi connectivity index (χ4v) is 5.63. The van der Waals surface area contributed by atoms with Crippen LogP contribution in [0.25, 0.3) is 0 Å². The summed E-state index contributed by atoms with van der Waals surface area (Å²) in [5, 5.41) is 9.79. The SMILES string of the molecule is CN=C1CCN(Cc2ccc(O)cc2)c2nc(N3CCN(C4=NCCN=C4)CC3)nc(CCc3ccccc3)c21. The number of hydrogen-bond acceptors (Lipinski definition) is 9. The van der Waals surface area contributed by atoms with Gasteiger partial charge in [-0.1, -0.05) is 42.5 Å². The van der Waals surface area contributed by atoms with Gasteiger partial charge in [-0.2, -0.15) is 4.98 Å². The Labute approximate surface area is 235 Å². The van der Waals surface area contributed by atoms with E-state index in [0.29, 0.717) is 6.54 Å². The molecular formula is C31H36N8O. The predicted molar refractivity (Wildman–Crippen MR) is 162 cm³/mol. The highest BCUT2D eigenvalue weighted by atomic mass is 16.3. The van der Waals surface area contributed by atoms with E-state index in [-0.39, 0.29) is 5.75 Å². The normalized spacial score (nSPS) is 18.2. The maximum absolute atomic E-state index is 9.79. The molecule has 9 nitrogen and oxygen atoms in total. The van der Waals surface area contributed by atoms with Crippen LogP contribution in [0.1, 0.15) is 28.8 Å². The number of anilines is 2. The van der Waals surface area contributed by atoms with Gasteiger partial charge < -0.3 is 19.8 Å². The molecule has 2 aromatic carbocycles. The summed E-state index contributed by atoms with van der Waals surface area (Å²) in [5.41, 5.74) is 5.65. The maximum atomic E-state index is 9.79. The number of aromatic nitrogens is 2. The van der Waals surface area contributed by atoms with Crippen LogP contribution in [0.3, 0.4) is 0 Å². The van der Waals surface area contributed by atoms with Crippen molar-refractivity contribution in [2.75, 3.05) is 62.7 Å². The molecule has 0 radical (unpaired) electrons. The lowest BCUT2D eigenvalue weighted by atomic mass is 9.96. The van der Waals surface area contributed by atoms with Crippen LogP contribution in [0.15, 0.2) is 69.6 Å². The van der Waals surface area contributed by atoms with Gasteiger partial charge in [0.25, 0.3) is 0 Å². The summed E-state index contributed by atoms with van der Waals surface area (Å²) in [6, 6.07) is 18.0. The molecule has 0 saturated carbocycles. The highest BCUT2D eigenvalue weighted by Crippen LogP contribution is 2.32. The van der Waals surface area contributed by atoms with Gasteiger partial charge in [-0.05, 0) is 36.1 Å². The molecule has 4 heterocycles. The average molecular weight is 537 g/mol. The molecule has 0 bridgehead atoms. The van der Waals surface area contributed by atoms with E-state index in [9.17, 15) is 5.11 Å². The summed E-state index contributed by atoms with van der Waals surface area (Å²) >= 11 is 0. The maximum Gasteiger partial charge on any atom is 0.227 e. The lowest BCUT2D eigenvalue weighted by Crippen LogP contribution is -2.50. The molecule has 1 fully saturated rings. The molecule has 0 atom stereocenters. The monoisotopic (exact) mass is 536 g/mol. The zero-order valence-corrected chi connectivity index (χ0v) is 23.1. The van der Waals surface area contributed by atoms with Gasteiger partial charge in [0.2, 0.25) is 5.95 Å². The van der Waals surface area contributed by atoms with Crippen LogP contribution in [-0.2, 0) is 19.4 Å². The molecule has 1 saturated heterocycles. The Morgan fingerprint density at radius 2 is 1.60 bits per heavy atom. The molecule has 0 unspecified atom stereocenters. The summed E-state index contributed by atoms with van der Waals surface area (Å²) in [6.45, 7) is 6.48. The fourth-order valence-electron chi connectivity index (χ4n) is 5.63. The minimum atomic E-state index is 0.278. The largest absolute Gasteiger partial charge is 0.508 e. The second kappa shape index (κ2) is 11.9. The Bertz CT molecular complexity index is 1410. The van der Waals surface area contributed by atoms with E-state index in [4.69, 9.17) is 15.0 Å². The van der Waals surface area contributed by atoms with Crippen molar-refractivity contribution in [2.45, 2.75) is 25.8 Å². The number of fused-ring (bicyclic) bond motifs is 1. The first kappa shape index (κ1) is 26.0. The molecule has 3 aliphatic rings. The van der Waals surface area contributed by atoms with Gasteiger partial charge in [-0.25, -0.2) is 4.98 Å². The first-order chi connectivity index (χ1) is 19.7. The molecule has 1 N–H and O–H groups in total. The number of aromatic hydroxyl groups is 1. The summed E-state index contributed by atoms with van der Waals surface area (Å²) in [6.07, 6.45) is 4.49. The Morgan fingerprint density at radius 3 is 2.33 bits per heavy atom. The Hall–Kier alpha value is -4.27. The average Bonchev–Trinajstić information content (AvgIpc) is 3.02. The van der Waals surface area contributed by atoms with Gasteiger partial charge in [0, 0.05) is 58.4 Å². The molecular weight excluding hydrogens is 500 g/mol. The topological polar surface area (TPSA) is 92.8 Å². The van der Waals surface area contributed by atoms with Gasteiger partial charge in [0.05, 0.1) is 30.6 Å². The van der Waals surface area contributed by atoms with E-state index in [1.54, 1.807) is 12.1 Å². The van der Waals surface area contributed by atoms with Crippen molar-refractivity contribution >= 4 is 29.5 Å². The standard InChI is InChI=1S/C31H36N8O/c1-32-26-13-16-39(22-24-7-10-25(40)11-8-24)30-29(26)27(12-9-23-5-3-2-4-6-23)35-31(36-30)38-19-17-37(18-20-38)28-21-33-14-15-34-28/h2-8,10-11,21,40H,9,12-20,22H2,1H3. The lowest BCUT2D eigenvalue weighted by molar-refractivity contribution is 0.385. The third-order valence-electron chi connectivity index (χ3n) is 7.83. The number of nitrogens with zero attached hydrogens (tertiary/aromatic N) is 8. The van der Waals surface area contributed by atoms with Crippen molar-refractivity contribution in [3.8, 4) is 5.75 Å². The van der Waals surface area contributed by atoms with E-state index >= 15 is 0 Å². The van der Waals surface area contributed by atoms with Crippen LogP contribution in [0, 0.1) is 0 Å². The van der Waals surface area contributed by atoms with Gasteiger partial charge >= 0.3 is 0 Å². The van der Waals surface area contributed by atoms with Crippen molar-refractivity contribution in [1.29, 1.82) is 0 Å². The van der Waals surface area contributed by atoms with Gasteiger partial charge in [0.15, 0.2) is 0 Å². The second-order valence-corrected chi connectivity index (χ2v) is 10.4. The first-order valence-corrected chi connectivity index (χ1v) is 14.2. The third kappa shape index (κ3) is 5.68. The van der Waals surface area contributed by atoms with E-state index < -0.39 is 0 Å². The van der Waals surface area contributed by atoms with Gasteiger partial charge in [0.1, 0.15) is 17.4 Å². The first-order valence-electron chi connectivity index (χ1n) is 14.2. The number of aliphatic imine (C=N–C) groups is 3. The van der Waals surface area contributed by atoms with Crippen molar-refractivity contribution in [1.82, 2.24) is 14.9 Å². The predicted octanol–water partition coefficient (Wildman–Crippen LogP) is 3.40.